The summed E-state index contributed by atoms with van der Waals surface area (Å²) in [5, 5.41) is 0. The summed E-state index contributed by atoms with van der Waals surface area (Å²) >= 11 is 0. The van der Waals surface area contributed by atoms with Gasteiger partial charge in [0.15, 0.2) is 0 Å². The van der Waals surface area contributed by atoms with Gasteiger partial charge in [0.2, 0.25) is 0 Å². The van der Waals surface area contributed by atoms with Crippen LogP contribution in [0.5, 0.6) is 0 Å². The number of alkyl halides is 3. The van der Waals surface area contributed by atoms with E-state index in [1.54, 1.807) is 0 Å². The van der Waals surface area contributed by atoms with E-state index in [4.69, 9.17) is 5.73 Å². The number of hydrogen-bond acceptors (Lipinski definition) is 1. The highest BCUT2D eigenvalue weighted by atomic mass is 19.4. The molecule has 0 unspecified atom stereocenters. The van der Waals surface area contributed by atoms with Gasteiger partial charge >= 0.3 is 6.18 Å². The first-order valence-corrected chi connectivity index (χ1v) is 6.45. The molecule has 2 rings (SSSR count). The van der Waals surface area contributed by atoms with Crippen molar-refractivity contribution in [2.24, 2.45) is 5.73 Å². The van der Waals surface area contributed by atoms with E-state index >= 15 is 0 Å². The highest BCUT2D eigenvalue weighted by Gasteiger charge is 2.31. The standard InChI is InChI=1S/C16H16F3N/c1-2-11-3-5-12(6-4-11)15-9-14(16(17,18)19)8-7-13(15)10-20/h3-9H,2,10,20H2,1H3. The van der Waals surface area contributed by atoms with Crippen molar-refractivity contribution in [2.75, 3.05) is 0 Å². The summed E-state index contributed by atoms with van der Waals surface area (Å²) < 4.78 is 38.4. The first-order valence-electron chi connectivity index (χ1n) is 6.45. The minimum atomic E-state index is -4.34. The normalized spacial score (nSPS) is 11.7. The van der Waals surface area contributed by atoms with Gasteiger partial charge in [-0.2, -0.15) is 13.2 Å². The van der Waals surface area contributed by atoms with Gasteiger partial charge in [-0.15, -0.1) is 0 Å². The second kappa shape index (κ2) is 5.67. The maximum absolute atomic E-state index is 12.8. The molecular formula is C16H16F3N. The molecule has 0 saturated heterocycles. The lowest BCUT2D eigenvalue weighted by atomic mass is 9.96. The maximum Gasteiger partial charge on any atom is 0.416 e. The third-order valence-corrected chi connectivity index (χ3v) is 3.33. The molecule has 2 aromatic carbocycles. The van der Waals surface area contributed by atoms with Crippen LogP contribution in [0.3, 0.4) is 0 Å². The molecule has 0 spiro atoms. The first-order chi connectivity index (χ1) is 9.45. The van der Waals surface area contributed by atoms with Crippen molar-refractivity contribution < 1.29 is 13.2 Å². The van der Waals surface area contributed by atoms with Crippen molar-refractivity contribution in [3.8, 4) is 11.1 Å². The molecule has 2 aromatic rings. The highest BCUT2D eigenvalue weighted by Crippen LogP contribution is 2.34. The molecule has 0 aliphatic heterocycles. The number of benzene rings is 2. The largest absolute Gasteiger partial charge is 0.416 e. The molecule has 0 aliphatic rings. The molecule has 2 N–H and O–H groups in total. The van der Waals surface area contributed by atoms with Gasteiger partial charge in [0.05, 0.1) is 5.56 Å². The minimum absolute atomic E-state index is 0.211. The number of aryl methyl sites for hydroxylation is 1. The summed E-state index contributed by atoms with van der Waals surface area (Å²) in [6.07, 6.45) is -3.45. The van der Waals surface area contributed by atoms with Crippen LogP contribution in [0.15, 0.2) is 42.5 Å². The third kappa shape index (κ3) is 3.02. The molecule has 106 valence electrons. The highest BCUT2D eigenvalue weighted by molar-refractivity contribution is 5.68. The minimum Gasteiger partial charge on any atom is -0.326 e. The maximum atomic E-state index is 12.8. The van der Waals surface area contributed by atoms with E-state index in [-0.39, 0.29) is 6.54 Å². The van der Waals surface area contributed by atoms with Crippen LogP contribution in [-0.2, 0) is 19.1 Å². The number of rotatable bonds is 3. The Hall–Kier alpha value is -1.81. The molecule has 20 heavy (non-hydrogen) atoms. The lowest BCUT2D eigenvalue weighted by Gasteiger charge is -2.13. The Morgan fingerprint density at radius 2 is 1.65 bits per heavy atom. The van der Waals surface area contributed by atoms with Gasteiger partial charge in [-0.3, -0.25) is 0 Å². The van der Waals surface area contributed by atoms with Gasteiger partial charge in [0.1, 0.15) is 0 Å². The van der Waals surface area contributed by atoms with E-state index in [1.165, 1.54) is 12.1 Å². The molecular weight excluding hydrogens is 263 g/mol. The quantitative estimate of drug-likeness (QED) is 0.885. The summed E-state index contributed by atoms with van der Waals surface area (Å²) in [7, 11) is 0. The van der Waals surface area contributed by atoms with Crippen molar-refractivity contribution in [1.82, 2.24) is 0 Å². The van der Waals surface area contributed by atoms with Crippen LogP contribution in [0.1, 0.15) is 23.6 Å². The fraction of sp³-hybridized carbons (Fsp3) is 0.250. The zero-order chi connectivity index (χ0) is 14.8. The summed E-state index contributed by atoms with van der Waals surface area (Å²) in [5.41, 5.74) is 8.14. The monoisotopic (exact) mass is 279 g/mol. The van der Waals surface area contributed by atoms with Crippen molar-refractivity contribution in [3.63, 3.8) is 0 Å². The smallest absolute Gasteiger partial charge is 0.326 e. The molecule has 0 atom stereocenters. The molecule has 0 saturated carbocycles. The van der Waals surface area contributed by atoms with E-state index < -0.39 is 11.7 Å². The molecule has 0 heterocycles. The first kappa shape index (κ1) is 14.6. The third-order valence-electron chi connectivity index (χ3n) is 3.33. The molecule has 4 heteroatoms. The summed E-state index contributed by atoms with van der Waals surface area (Å²) in [5.74, 6) is 0. The molecule has 0 amide bonds. The molecule has 0 aliphatic carbocycles. The van der Waals surface area contributed by atoms with Crippen LogP contribution in [0.2, 0.25) is 0 Å². The lowest BCUT2D eigenvalue weighted by molar-refractivity contribution is -0.137. The van der Waals surface area contributed by atoms with Gasteiger partial charge in [0, 0.05) is 6.54 Å². The second-order valence-electron chi connectivity index (χ2n) is 4.62. The van der Waals surface area contributed by atoms with Crippen LogP contribution >= 0.6 is 0 Å². The molecule has 0 fully saturated rings. The molecule has 0 aromatic heterocycles. The van der Waals surface area contributed by atoms with Gasteiger partial charge in [-0.25, -0.2) is 0 Å². The predicted octanol–water partition coefficient (Wildman–Crippen LogP) is 4.39. The summed E-state index contributed by atoms with van der Waals surface area (Å²) in [6, 6.07) is 11.2. The summed E-state index contributed by atoms with van der Waals surface area (Å²) in [4.78, 5) is 0. The average molecular weight is 279 g/mol. The Morgan fingerprint density at radius 1 is 1.00 bits per heavy atom. The Labute approximate surface area is 116 Å². The fourth-order valence-electron chi connectivity index (χ4n) is 2.12. The second-order valence-corrected chi connectivity index (χ2v) is 4.62. The number of nitrogens with two attached hydrogens (primary N) is 1. The Bertz CT molecular complexity index is 586. The van der Waals surface area contributed by atoms with Crippen molar-refractivity contribution >= 4 is 0 Å². The predicted molar refractivity (Wildman–Crippen MR) is 74.1 cm³/mol. The lowest BCUT2D eigenvalue weighted by Crippen LogP contribution is -2.07. The van der Waals surface area contributed by atoms with E-state index in [9.17, 15) is 13.2 Å². The van der Waals surface area contributed by atoms with E-state index in [0.717, 1.165) is 23.6 Å². The average Bonchev–Trinajstić information content (AvgIpc) is 2.45. The van der Waals surface area contributed by atoms with E-state index in [2.05, 4.69) is 0 Å². The fourth-order valence-corrected chi connectivity index (χ4v) is 2.12. The van der Waals surface area contributed by atoms with Gasteiger partial charge in [0.25, 0.3) is 0 Å². The Morgan fingerprint density at radius 3 is 2.15 bits per heavy atom. The van der Waals surface area contributed by atoms with Gasteiger partial charge < -0.3 is 5.73 Å². The van der Waals surface area contributed by atoms with Crippen molar-refractivity contribution in [2.45, 2.75) is 26.1 Å². The zero-order valence-corrected chi connectivity index (χ0v) is 11.2. The summed E-state index contributed by atoms with van der Waals surface area (Å²) in [6.45, 7) is 2.24. The van der Waals surface area contributed by atoms with Crippen LogP contribution < -0.4 is 5.73 Å². The Kier molecular flexibility index (Phi) is 4.14. The van der Waals surface area contributed by atoms with Crippen LogP contribution in [0.4, 0.5) is 13.2 Å². The Balaban J connectivity index is 2.52. The van der Waals surface area contributed by atoms with Crippen LogP contribution in [-0.4, -0.2) is 0 Å². The molecule has 0 radical (unpaired) electrons. The van der Waals surface area contributed by atoms with Gasteiger partial charge in [-0.05, 0) is 40.8 Å². The van der Waals surface area contributed by atoms with Crippen LogP contribution in [0.25, 0.3) is 11.1 Å². The van der Waals surface area contributed by atoms with Crippen molar-refractivity contribution in [3.05, 3.63) is 59.2 Å². The SMILES string of the molecule is CCc1ccc(-c2cc(C(F)(F)F)ccc2CN)cc1. The van der Waals surface area contributed by atoms with Crippen LogP contribution in [0, 0.1) is 0 Å². The van der Waals surface area contributed by atoms with E-state index in [0.29, 0.717) is 11.1 Å². The topological polar surface area (TPSA) is 26.0 Å². The van der Waals surface area contributed by atoms with E-state index in [1.807, 2.05) is 31.2 Å². The van der Waals surface area contributed by atoms with Gasteiger partial charge in [-0.1, -0.05) is 37.3 Å². The molecule has 0 bridgehead atoms. The number of hydrogen-bond donors (Lipinski definition) is 1. The molecule has 1 nitrogen and oxygen atoms in total. The van der Waals surface area contributed by atoms with Crippen molar-refractivity contribution in [1.29, 1.82) is 0 Å². The number of halogens is 3. The zero-order valence-electron chi connectivity index (χ0n) is 11.2.